The van der Waals surface area contributed by atoms with Crippen LogP contribution in [0.3, 0.4) is 0 Å². The quantitative estimate of drug-likeness (QED) is 0.907. The lowest BCUT2D eigenvalue weighted by atomic mass is 9.85. The first-order valence-corrected chi connectivity index (χ1v) is 7.45. The molecule has 1 aromatic heterocycles. The van der Waals surface area contributed by atoms with Crippen molar-refractivity contribution < 1.29 is 0 Å². The summed E-state index contributed by atoms with van der Waals surface area (Å²) in [6.45, 7) is 5.16. The highest BCUT2D eigenvalue weighted by atomic mass is 15.3. The first-order valence-electron chi connectivity index (χ1n) is 7.45. The van der Waals surface area contributed by atoms with Gasteiger partial charge in [0.25, 0.3) is 0 Å². The summed E-state index contributed by atoms with van der Waals surface area (Å²) in [7, 11) is 4.22. The molecule has 0 amide bonds. The SMILES string of the molecule is Cc1c(C(CN)N(C)C2CCCC(C)C2)cnn1C. The van der Waals surface area contributed by atoms with Crippen LogP contribution >= 0.6 is 0 Å². The first kappa shape index (κ1) is 14.5. The largest absolute Gasteiger partial charge is 0.329 e. The zero-order valence-electron chi connectivity index (χ0n) is 12.8. The van der Waals surface area contributed by atoms with Crippen LogP contribution in [0.1, 0.15) is 49.9 Å². The number of nitrogens with two attached hydrogens (primary N) is 1. The molecule has 3 unspecified atom stereocenters. The summed E-state index contributed by atoms with van der Waals surface area (Å²) in [6.07, 6.45) is 7.31. The Labute approximate surface area is 117 Å². The van der Waals surface area contributed by atoms with Crippen LogP contribution in [0.4, 0.5) is 0 Å². The molecule has 4 nitrogen and oxygen atoms in total. The van der Waals surface area contributed by atoms with Crippen molar-refractivity contribution in [2.75, 3.05) is 13.6 Å². The van der Waals surface area contributed by atoms with E-state index in [1.54, 1.807) is 0 Å². The van der Waals surface area contributed by atoms with Gasteiger partial charge >= 0.3 is 0 Å². The molecule has 0 saturated heterocycles. The van der Waals surface area contributed by atoms with Crippen LogP contribution in [0, 0.1) is 12.8 Å². The molecule has 0 bridgehead atoms. The van der Waals surface area contributed by atoms with E-state index in [1.807, 2.05) is 17.9 Å². The third-order valence-corrected chi connectivity index (χ3v) is 4.83. The van der Waals surface area contributed by atoms with Crippen molar-refractivity contribution >= 4 is 0 Å². The lowest BCUT2D eigenvalue weighted by Gasteiger charge is -2.38. The number of aryl methyl sites for hydroxylation is 1. The number of hydrogen-bond donors (Lipinski definition) is 1. The fraction of sp³-hybridized carbons (Fsp3) is 0.800. The van der Waals surface area contributed by atoms with Gasteiger partial charge in [0.2, 0.25) is 0 Å². The van der Waals surface area contributed by atoms with E-state index in [0.29, 0.717) is 18.6 Å². The Balaban J connectivity index is 2.14. The van der Waals surface area contributed by atoms with E-state index in [-0.39, 0.29) is 0 Å². The highest BCUT2D eigenvalue weighted by Crippen LogP contribution is 2.32. The monoisotopic (exact) mass is 264 g/mol. The molecule has 0 aliphatic heterocycles. The number of aromatic nitrogens is 2. The van der Waals surface area contributed by atoms with Gasteiger partial charge in [0, 0.05) is 30.9 Å². The molecule has 1 heterocycles. The van der Waals surface area contributed by atoms with Gasteiger partial charge in [-0.25, -0.2) is 0 Å². The zero-order chi connectivity index (χ0) is 14.0. The molecule has 1 aromatic rings. The average Bonchev–Trinajstić information content (AvgIpc) is 2.72. The Bertz CT molecular complexity index is 412. The molecule has 0 radical (unpaired) electrons. The summed E-state index contributed by atoms with van der Waals surface area (Å²) < 4.78 is 1.94. The van der Waals surface area contributed by atoms with Gasteiger partial charge in [0.05, 0.1) is 12.2 Å². The summed E-state index contributed by atoms with van der Waals surface area (Å²) in [6, 6.07) is 0.959. The Morgan fingerprint density at radius 3 is 2.79 bits per heavy atom. The van der Waals surface area contributed by atoms with E-state index >= 15 is 0 Å². The molecule has 2 rings (SSSR count). The van der Waals surface area contributed by atoms with Crippen molar-refractivity contribution in [1.82, 2.24) is 14.7 Å². The highest BCUT2D eigenvalue weighted by Gasteiger charge is 2.28. The topological polar surface area (TPSA) is 47.1 Å². The predicted molar refractivity (Wildman–Crippen MR) is 78.9 cm³/mol. The Morgan fingerprint density at radius 1 is 1.53 bits per heavy atom. The molecule has 1 aliphatic carbocycles. The molecule has 1 fully saturated rings. The van der Waals surface area contributed by atoms with E-state index in [9.17, 15) is 0 Å². The molecule has 4 heteroatoms. The van der Waals surface area contributed by atoms with Crippen molar-refractivity contribution in [3.05, 3.63) is 17.5 Å². The summed E-state index contributed by atoms with van der Waals surface area (Å²) in [5, 5.41) is 4.36. The van der Waals surface area contributed by atoms with Gasteiger partial charge in [-0.05, 0) is 32.7 Å². The first-order chi connectivity index (χ1) is 9.04. The average molecular weight is 264 g/mol. The van der Waals surface area contributed by atoms with E-state index in [1.165, 1.54) is 36.9 Å². The van der Waals surface area contributed by atoms with E-state index in [4.69, 9.17) is 5.73 Å². The number of rotatable bonds is 4. The molecule has 0 aromatic carbocycles. The maximum absolute atomic E-state index is 6.05. The number of nitrogens with zero attached hydrogens (tertiary/aromatic N) is 3. The van der Waals surface area contributed by atoms with Gasteiger partial charge in [-0.15, -0.1) is 0 Å². The van der Waals surface area contributed by atoms with Crippen LogP contribution in [0.25, 0.3) is 0 Å². The summed E-state index contributed by atoms with van der Waals surface area (Å²) in [5.41, 5.74) is 8.56. The van der Waals surface area contributed by atoms with E-state index < -0.39 is 0 Å². The van der Waals surface area contributed by atoms with Crippen molar-refractivity contribution in [1.29, 1.82) is 0 Å². The minimum atomic E-state index is 0.295. The van der Waals surface area contributed by atoms with Gasteiger partial charge in [0.1, 0.15) is 0 Å². The molecule has 108 valence electrons. The molecule has 1 saturated carbocycles. The number of likely N-dealkylation sites (N-methyl/N-ethyl adjacent to an activating group) is 1. The molecule has 19 heavy (non-hydrogen) atoms. The second-order valence-corrected chi connectivity index (χ2v) is 6.15. The van der Waals surface area contributed by atoms with Crippen LogP contribution < -0.4 is 5.73 Å². The van der Waals surface area contributed by atoms with Crippen LogP contribution in [0.5, 0.6) is 0 Å². The van der Waals surface area contributed by atoms with Crippen molar-refractivity contribution in [2.45, 2.75) is 51.6 Å². The second-order valence-electron chi connectivity index (χ2n) is 6.15. The number of hydrogen-bond acceptors (Lipinski definition) is 3. The van der Waals surface area contributed by atoms with Gasteiger partial charge in [-0.2, -0.15) is 5.10 Å². The third kappa shape index (κ3) is 3.00. The zero-order valence-corrected chi connectivity index (χ0v) is 12.8. The lowest BCUT2D eigenvalue weighted by Crippen LogP contribution is -2.41. The fourth-order valence-corrected chi connectivity index (χ4v) is 3.38. The normalized spacial score (nSPS) is 25.8. The van der Waals surface area contributed by atoms with Gasteiger partial charge < -0.3 is 5.73 Å². The van der Waals surface area contributed by atoms with E-state index in [2.05, 4.69) is 30.9 Å². The maximum atomic E-state index is 6.05. The molecule has 2 N–H and O–H groups in total. The Morgan fingerprint density at radius 2 is 2.26 bits per heavy atom. The van der Waals surface area contributed by atoms with Crippen molar-refractivity contribution in [2.24, 2.45) is 18.7 Å². The summed E-state index contributed by atoms with van der Waals surface area (Å²) in [4.78, 5) is 2.49. The summed E-state index contributed by atoms with van der Waals surface area (Å²) >= 11 is 0. The molecule has 1 aliphatic rings. The maximum Gasteiger partial charge on any atom is 0.0540 e. The van der Waals surface area contributed by atoms with Gasteiger partial charge in [-0.3, -0.25) is 9.58 Å². The van der Waals surface area contributed by atoms with Crippen LogP contribution in [0.15, 0.2) is 6.20 Å². The fourth-order valence-electron chi connectivity index (χ4n) is 3.38. The van der Waals surface area contributed by atoms with Crippen molar-refractivity contribution in [3.63, 3.8) is 0 Å². The lowest BCUT2D eigenvalue weighted by molar-refractivity contribution is 0.121. The minimum absolute atomic E-state index is 0.295. The predicted octanol–water partition coefficient (Wildman–Crippen LogP) is 2.24. The van der Waals surface area contributed by atoms with Crippen LogP contribution in [0.2, 0.25) is 0 Å². The molecule has 0 spiro atoms. The highest BCUT2D eigenvalue weighted by molar-refractivity contribution is 5.21. The Hall–Kier alpha value is -0.870. The molecule has 3 atom stereocenters. The second kappa shape index (κ2) is 6.06. The standard InChI is InChI=1S/C15H28N4/c1-11-6-5-7-13(8-11)18(3)15(9-16)14-10-17-19(4)12(14)2/h10-11,13,15H,5-9,16H2,1-4H3. The smallest absolute Gasteiger partial charge is 0.0540 e. The van der Waals surface area contributed by atoms with Gasteiger partial charge in [0.15, 0.2) is 0 Å². The van der Waals surface area contributed by atoms with Crippen LogP contribution in [-0.2, 0) is 7.05 Å². The van der Waals surface area contributed by atoms with Gasteiger partial charge in [-0.1, -0.05) is 19.8 Å². The summed E-state index contributed by atoms with van der Waals surface area (Å²) in [5.74, 6) is 0.842. The van der Waals surface area contributed by atoms with Crippen molar-refractivity contribution in [3.8, 4) is 0 Å². The third-order valence-electron chi connectivity index (χ3n) is 4.83. The Kier molecular flexibility index (Phi) is 4.63. The minimum Gasteiger partial charge on any atom is -0.329 e. The van der Waals surface area contributed by atoms with Crippen LogP contribution in [-0.4, -0.2) is 34.3 Å². The molecular formula is C15H28N4. The van der Waals surface area contributed by atoms with E-state index in [0.717, 1.165) is 5.92 Å². The molecular weight excluding hydrogens is 236 g/mol.